The fraction of sp³-hybridized carbons (Fsp3) is 0.364. The van der Waals surface area contributed by atoms with Crippen LogP contribution in [0.4, 0.5) is 0 Å². The van der Waals surface area contributed by atoms with Gasteiger partial charge in [-0.25, -0.2) is 0 Å². The Hall–Kier alpha value is -1.53. The first-order chi connectivity index (χ1) is 11.2. The molecule has 0 N–H and O–H groups in total. The lowest BCUT2D eigenvalue weighted by atomic mass is 9.58. The van der Waals surface area contributed by atoms with Crippen LogP contribution in [0, 0.1) is 11.8 Å². The molecule has 2 bridgehead atoms. The van der Waals surface area contributed by atoms with Crippen LogP contribution >= 0.6 is 11.6 Å². The van der Waals surface area contributed by atoms with E-state index in [0.717, 1.165) is 10.9 Å². The van der Waals surface area contributed by atoms with Gasteiger partial charge in [0.1, 0.15) is 0 Å². The van der Waals surface area contributed by atoms with Crippen molar-refractivity contribution in [2.75, 3.05) is 0 Å². The highest BCUT2D eigenvalue weighted by molar-refractivity contribution is 6.30. The predicted molar refractivity (Wildman–Crippen MR) is 96.9 cm³/mol. The van der Waals surface area contributed by atoms with E-state index in [2.05, 4.69) is 49.4 Å². The van der Waals surface area contributed by atoms with Gasteiger partial charge in [0, 0.05) is 10.4 Å². The normalized spacial score (nSPS) is 30.8. The molecule has 3 aliphatic carbocycles. The van der Waals surface area contributed by atoms with Gasteiger partial charge in [0.2, 0.25) is 0 Å². The van der Waals surface area contributed by atoms with E-state index in [4.69, 9.17) is 11.6 Å². The standard InChI is InChI=1S/C22H21Cl/c1-14-10-15-8-9-22(16(11-14)12-15)20-5-3-2-4-18(20)19-7-6-17(23)13-21(19)22/h2-7,11,13-15H,8-10,12H2,1H3. The van der Waals surface area contributed by atoms with Gasteiger partial charge in [0.15, 0.2) is 0 Å². The summed E-state index contributed by atoms with van der Waals surface area (Å²) in [6, 6.07) is 15.5. The number of hydrogen-bond donors (Lipinski definition) is 0. The minimum Gasteiger partial charge on any atom is -0.0843 e. The van der Waals surface area contributed by atoms with Crippen molar-refractivity contribution in [3.05, 3.63) is 70.3 Å². The third kappa shape index (κ3) is 1.79. The lowest BCUT2D eigenvalue weighted by Crippen LogP contribution is -2.36. The van der Waals surface area contributed by atoms with Crippen LogP contribution < -0.4 is 0 Å². The van der Waals surface area contributed by atoms with E-state index in [0.29, 0.717) is 5.92 Å². The van der Waals surface area contributed by atoms with E-state index in [1.54, 1.807) is 5.57 Å². The number of hydrogen-bond acceptors (Lipinski definition) is 0. The largest absolute Gasteiger partial charge is 0.0843 e. The lowest BCUT2D eigenvalue weighted by Gasteiger charge is -2.45. The predicted octanol–water partition coefficient (Wildman–Crippen LogP) is 6.37. The van der Waals surface area contributed by atoms with Crippen molar-refractivity contribution < 1.29 is 0 Å². The van der Waals surface area contributed by atoms with Crippen LogP contribution in [0.15, 0.2) is 54.1 Å². The second kappa shape index (κ2) is 4.74. The minimum atomic E-state index is 0.0853. The molecule has 0 amide bonds. The molecule has 3 atom stereocenters. The van der Waals surface area contributed by atoms with Crippen LogP contribution in [0.1, 0.15) is 43.7 Å². The van der Waals surface area contributed by atoms with Gasteiger partial charge in [-0.2, -0.15) is 0 Å². The summed E-state index contributed by atoms with van der Waals surface area (Å²) in [5.41, 5.74) is 7.50. The highest BCUT2D eigenvalue weighted by Crippen LogP contribution is 2.60. The van der Waals surface area contributed by atoms with Gasteiger partial charge in [0.05, 0.1) is 0 Å². The summed E-state index contributed by atoms with van der Waals surface area (Å²) in [5.74, 6) is 1.59. The molecule has 2 aromatic carbocycles. The first-order valence-electron chi connectivity index (χ1n) is 8.79. The summed E-state index contributed by atoms with van der Waals surface area (Å²) in [6.45, 7) is 2.38. The van der Waals surface area contributed by atoms with Crippen LogP contribution in [0.2, 0.25) is 5.02 Å². The first-order valence-corrected chi connectivity index (χ1v) is 9.17. The van der Waals surface area contributed by atoms with E-state index >= 15 is 0 Å². The zero-order chi connectivity index (χ0) is 15.6. The van der Waals surface area contributed by atoms with Gasteiger partial charge in [-0.15, -0.1) is 0 Å². The Morgan fingerprint density at radius 1 is 1.04 bits per heavy atom. The SMILES string of the molecule is CC1C=C2CC(CCC23c2ccccc2-c2ccc(Cl)cc23)C1. The maximum Gasteiger partial charge on any atom is 0.0424 e. The molecule has 1 fully saturated rings. The average Bonchev–Trinajstić information content (AvgIpc) is 2.82. The molecule has 3 aliphatic rings. The Morgan fingerprint density at radius 3 is 2.78 bits per heavy atom. The van der Waals surface area contributed by atoms with Crippen molar-refractivity contribution in [3.8, 4) is 11.1 Å². The van der Waals surface area contributed by atoms with E-state index in [1.807, 2.05) is 6.07 Å². The van der Waals surface area contributed by atoms with Crippen molar-refractivity contribution in [3.63, 3.8) is 0 Å². The molecule has 1 heteroatoms. The summed E-state index contributed by atoms with van der Waals surface area (Å²) >= 11 is 6.41. The topological polar surface area (TPSA) is 0 Å². The molecule has 1 spiro atoms. The van der Waals surface area contributed by atoms with Crippen molar-refractivity contribution in [2.45, 2.75) is 38.0 Å². The van der Waals surface area contributed by atoms with Crippen LogP contribution in [-0.2, 0) is 5.41 Å². The minimum absolute atomic E-state index is 0.0853. The molecular formula is C22H21Cl. The molecular weight excluding hydrogens is 300 g/mol. The zero-order valence-electron chi connectivity index (χ0n) is 13.5. The fourth-order valence-corrected chi connectivity index (χ4v) is 5.64. The lowest BCUT2D eigenvalue weighted by molar-refractivity contribution is 0.284. The zero-order valence-corrected chi connectivity index (χ0v) is 14.2. The summed E-state index contributed by atoms with van der Waals surface area (Å²) < 4.78 is 0. The van der Waals surface area contributed by atoms with Gasteiger partial charge < -0.3 is 0 Å². The van der Waals surface area contributed by atoms with E-state index in [9.17, 15) is 0 Å². The molecule has 116 valence electrons. The molecule has 5 rings (SSSR count). The number of rotatable bonds is 0. The van der Waals surface area contributed by atoms with Gasteiger partial charge >= 0.3 is 0 Å². The number of halogens is 1. The fourth-order valence-electron chi connectivity index (χ4n) is 5.47. The molecule has 23 heavy (non-hydrogen) atoms. The highest BCUT2D eigenvalue weighted by atomic mass is 35.5. The second-order valence-electron chi connectivity index (χ2n) is 7.65. The molecule has 0 radical (unpaired) electrons. The average molecular weight is 321 g/mol. The molecule has 2 aromatic rings. The van der Waals surface area contributed by atoms with Gasteiger partial charge in [-0.3, -0.25) is 0 Å². The smallest absolute Gasteiger partial charge is 0.0424 e. The highest BCUT2D eigenvalue weighted by Gasteiger charge is 2.49. The second-order valence-corrected chi connectivity index (χ2v) is 8.09. The van der Waals surface area contributed by atoms with Gasteiger partial charge in [-0.05, 0) is 71.9 Å². The van der Waals surface area contributed by atoms with Crippen LogP contribution in [-0.4, -0.2) is 0 Å². The monoisotopic (exact) mass is 320 g/mol. The Balaban J connectivity index is 1.84. The van der Waals surface area contributed by atoms with Crippen LogP contribution in [0.25, 0.3) is 11.1 Å². The van der Waals surface area contributed by atoms with Crippen molar-refractivity contribution in [1.82, 2.24) is 0 Å². The third-order valence-corrected chi connectivity index (χ3v) is 6.53. The van der Waals surface area contributed by atoms with Crippen molar-refractivity contribution in [2.24, 2.45) is 11.8 Å². The molecule has 0 saturated heterocycles. The Labute approximate surface area is 143 Å². The number of benzene rings is 2. The molecule has 0 aliphatic heterocycles. The molecule has 0 heterocycles. The van der Waals surface area contributed by atoms with E-state index in [1.165, 1.54) is 47.9 Å². The summed E-state index contributed by atoms with van der Waals surface area (Å²) in [6.07, 6.45) is 7.78. The Morgan fingerprint density at radius 2 is 1.87 bits per heavy atom. The number of fused-ring (bicyclic) bond motifs is 8. The van der Waals surface area contributed by atoms with E-state index in [-0.39, 0.29) is 5.41 Å². The molecule has 0 aromatic heterocycles. The first kappa shape index (κ1) is 13.9. The molecule has 1 saturated carbocycles. The van der Waals surface area contributed by atoms with Crippen LogP contribution in [0.5, 0.6) is 0 Å². The van der Waals surface area contributed by atoms with Crippen molar-refractivity contribution in [1.29, 1.82) is 0 Å². The summed E-state index contributed by atoms with van der Waals surface area (Å²) in [5, 5.41) is 0.863. The van der Waals surface area contributed by atoms with Crippen molar-refractivity contribution >= 4 is 11.6 Å². The Bertz CT molecular complexity index is 832. The quantitative estimate of drug-likeness (QED) is 0.494. The molecule has 3 unspecified atom stereocenters. The van der Waals surface area contributed by atoms with Gasteiger partial charge in [-0.1, -0.05) is 60.5 Å². The van der Waals surface area contributed by atoms with Gasteiger partial charge in [0.25, 0.3) is 0 Å². The maximum absolute atomic E-state index is 6.41. The van der Waals surface area contributed by atoms with Crippen LogP contribution in [0.3, 0.4) is 0 Å². The van der Waals surface area contributed by atoms with E-state index < -0.39 is 0 Å². The summed E-state index contributed by atoms with van der Waals surface area (Å²) in [4.78, 5) is 0. The number of allylic oxidation sites excluding steroid dienone is 2. The summed E-state index contributed by atoms with van der Waals surface area (Å²) in [7, 11) is 0. The third-order valence-electron chi connectivity index (χ3n) is 6.29. The maximum atomic E-state index is 6.41. The Kier molecular flexibility index (Phi) is 2.86. The molecule has 0 nitrogen and oxygen atoms in total.